The van der Waals surface area contributed by atoms with Gasteiger partial charge in [0.05, 0.1) is 0 Å². The van der Waals surface area contributed by atoms with Gasteiger partial charge in [-0.2, -0.15) is 8.42 Å². The fraction of sp³-hybridized carbons (Fsp3) is 0.471. The first-order valence-electron chi connectivity index (χ1n) is 8.84. The van der Waals surface area contributed by atoms with Crippen LogP contribution >= 0.6 is 0 Å². The maximum absolute atomic E-state index is 11.1. The van der Waals surface area contributed by atoms with E-state index < -0.39 is 10.4 Å². The molecule has 4 N–H and O–H groups in total. The third-order valence-corrected chi connectivity index (χ3v) is 4.17. The molecule has 1 aromatic heterocycles. The number of hydrogen-bond donors (Lipinski definition) is 3. The zero-order valence-corrected chi connectivity index (χ0v) is 16.3. The number of nitrogen functional groups attached to an aromatic ring is 1. The third-order valence-electron chi connectivity index (χ3n) is 3.83. The molecule has 0 bridgehead atoms. The molecule has 0 amide bonds. The van der Waals surface area contributed by atoms with Crippen LogP contribution in [0.1, 0.15) is 44.5 Å². The second-order valence-corrected chi connectivity index (χ2v) is 7.32. The SMILES string of the molecule is CCCCCc1nc(NC(C)Cc2ccccc2)nc(N)[n+]1OS(=O)(=O)O. The standard InChI is InChI=1S/C17H25N5O4S/c1-3-4-6-11-15-20-17(21-16(18)22(15)26-27(23,24)25)19-13(2)12-14-9-7-5-8-10-14/h5,7-10,13H,3-4,6,11-12H2,1-2H3,(H3,18,19,21,23,24,25)/p+1. The summed E-state index contributed by atoms with van der Waals surface area (Å²) in [5.41, 5.74) is 6.99. The summed E-state index contributed by atoms with van der Waals surface area (Å²) in [6.07, 6.45) is 3.87. The second-order valence-electron chi connectivity index (χ2n) is 6.31. The van der Waals surface area contributed by atoms with Gasteiger partial charge in [-0.25, -0.2) is 4.28 Å². The summed E-state index contributed by atoms with van der Waals surface area (Å²) in [7, 11) is -4.75. The largest absolute Gasteiger partial charge is 0.474 e. The molecule has 0 saturated heterocycles. The Morgan fingerprint density at radius 2 is 1.96 bits per heavy atom. The smallest absolute Gasteiger partial charge is 0.330 e. The van der Waals surface area contributed by atoms with Crippen LogP contribution in [0.15, 0.2) is 30.3 Å². The molecule has 148 valence electrons. The van der Waals surface area contributed by atoms with Gasteiger partial charge in [-0.1, -0.05) is 60.1 Å². The van der Waals surface area contributed by atoms with Crippen molar-refractivity contribution in [3.8, 4) is 0 Å². The number of anilines is 2. The Balaban J connectivity index is 2.20. The summed E-state index contributed by atoms with van der Waals surface area (Å²) >= 11 is 0. The Hall–Kier alpha value is -2.46. The van der Waals surface area contributed by atoms with E-state index in [1.54, 1.807) is 0 Å². The number of benzene rings is 1. The lowest BCUT2D eigenvalue weighted by Crippen LogP contribution is -2.52. The minimum Gasteiger partial charge on any atom is -0.330 e. The van der Waals surface area contributed by atoms with E-state index in [4.69, 9.17) is 10.3 Å². The van der Waals surface area contributed by atoms with Gasteiger partial charge in [-0.05, 0) is 30.1 Å². The molecule has 0 radical (unpaired) electrons. The van der Waals surface area contributed by atoms with Crippen LogP contribution in [-0.4, -0.2) is 29.0 Å². The second kappa shape index (κ2) is 9.47. The highest BCUT2D eigenvalue weighted by molar-refractivity contribution is 7.80. The lowest BCUT2D eigenvalue weighted by Gasteiger charge is -2.13. The van der Waals surface area contributed by atoms with Gasteiger partial charge in [0.25, 0.3) is 5.82 Å². The Bertz CT molecular complexity index is 846. The van der Waals surface area contributed by atoms with Crippen molar-refractivity contribution in [3.63, 3.8) is 0 Å². The van der Waals surface area contributed by atoms with Crippen LogP contribution in [0.2, 0.25) is 0 Å². The molecule has 10 heteroatoms. The summed E-state index contributed by atoms with van der Waals surface area (Å²) in [5.74, 6) is 0.323. The Morgan fingerprint density at radius 1 is 1.26 bits per heavy atom. The van der Waals surface area contributed by atoms with Gasteiger partial charge >= 0.3 is 22.3 Å². The highest BCUT2D eigenvalue weighted by Gasteiger charge is 2.24. The molecule has 0 spiro atoms. The van der Waals surface area contributed by atoms with Crippen molar-refractivity contribution in [1.82, 2.24) is 9.97 Å². The Kier molecular flexibility index (Phi) is 7.31. The molecule has 2 aromatic rings. The summed E-state index contributed by atoms with van der Waals surface area (Å²) in [6, 6.07) is 9.99. The fourth-order valence-corrected chi connectivity index (χ4v) is 3.00. The first-order chi connectivity index (χ1) is 12.8. The van der Waals surface area contributed by atoms with Crippen LogP contribution in [0.4, 0.5) is 11.9 Å². The van der Waals surface area contributed by atoms with Gasteiger partial charge in [-0.15, -0.1) is 0 Å². The first kappa shape index (κ1) is 20.8. The van der Waals surface area contributed by atoms with E-state index in [0.29, 0.717) is 6.42 Å². The van der Waals surface area contributed by atoms with E-state index in [2.05, 4.69) is 26.5 Å². The summed E-state index contributed by atoms with van der Waals surface area (Å²) in [6.45, 7) is 4.04. The molecule has 1 unspecified atom stereocenters. The van der Waals surface area contributed by atoms with Crippen LogP contribution in [-0.2, 0) is 23.2 Å². The van der Waals surface area contributed by atoms with Gasteiger partial charge in [0.1, 0.15) is 0 Å². The molecule has 2 rings (SSSR count). The average Bonchev–Trinajstić information content (AvgIpc) is 2.58. The number of aromatic nitrogens is 3. The number of nitrogens with two attached hydrogens (primary N) is 1. The molecular formula is C17H26N5O4S+. The van der Waals surface area contributed by atoms with Crippen LogP contribution in [0.5, 0.6) is 0 Å². The Labute approximate surface area is 159 Å². The molecule has 0 fully saturated rings. The summed E-state index contributed by atoms with van der Waals surface area (Å²) in [5, 5.41) is 3.17. The van der Waals surface area contributed by atoms with Gasteiger partial charge in [0, 0.05) is 12.5 Å². The molecule has 1 aromatic carbocycles. The van der Waals surface area contributed by atoms with Crippen molar-refractivity contribution in [1.29, 1.82) is 0 Å². The fourth-order valence-electron chi connectivity index (χ4n) is 2.65. The zero-order chi connectivity index (χ0) is 19.9. The number of rotatable bonds is 10. The molecule has 27 heavy (non-hydrogen) atoms. The van der Waals surface area contributed by atoms with E-state index in [0.717, 1.165) is 36.0 Å². The van der Waals surface area contributed by atoms with Crippen molar-refractivity contribution in [2.24, 2.45) is 0 Å². The highest BCUT2D eigenvalue weighted by atomic mass is 32.3. The topological polar surface area (TPSA) is 131 Å². The molecule has 1 atom stereocenters. The Morgan fingerprint density at radius 3 is 2.59 bits per heavy atom. The van der Waals surface area contributed by atoms with Crippen molar-refractivity contribution in [3.05, 3.63) is 41.7 Å². The van der Waals surface area contributed by atoms with E-state index in [9.17, 15) is 8.42 Å². The van der Waals surface area contributed by atoms with Crippen molar-refractivity contribution in [2.75, 3.05) is 11.1 Å². The quantitative estimate of drug-likeness (QED) is 0.312. The average molecular weight is 396 g/mol. The van der Waals surface area contributed by atoms with Crippen LogP contribution < -0.4 is 20.1 Å². The zero-order valence-electron chi connectivity index (χ0n) is 15.5. The van der Waals surface area contributed by atoms with Gasteiger partial charge in [0.15, 0.2) is 0 Å². The number of nitrogens with zero attached hydrogens (tertiary/aromatic N) is 3. The molecule has 0 aliphatic carbocycles. The molecule has 0 aliphatic heterocycles. The van der Waals surface area contributed by atoms with E-state index in [1.807, 2.05) is 37.3 Å². The number of hydrogen-bond acceptors (Lipinski definition) is 7. The molecule has 1 heterocycles. The lowest BCUT2D eigenvalue weighted by atomic mass is 10.1. The van der Waals surface area contributed by atoms with E-state index in [1.165, 1.54) is 0 Å². The number of unbranched alkanes of at least 4 members (excludes halogenated alkanes) is 2. The predicted molar refractivity (Wildman–Crippen MR) is 101 cm³/mol. The predicted octanol–water partition coefficient (Wildman–Crippen LogP) is 1.35. The minimum atomic E-state index is -4.75. The molecule has 0 aliphatic rings. The highest BCUT2D eigenvalue weighted by Crippen LogP contribution is 2.10. The summed E-state index contributed by atoms with van der Waals surface area (Å²) in [4.78, 5) is 8.38. The maximum Gasteiger partial charge on any atom is 0.474 e. The van der Waals surface area contributed by atoms with Crippen molar-refractivity contribution in [2.45, 2.75) is 52.0 Å². The molecule has 0 saturated carbocycles. The maximum atomic E-state index is 11.1. The normalized spacial score (nSPS) is 12.6. The number of nitrogens with one attached hydrogen (secondary N) is 1. The van der Waals surface area contributed by atoms with Crippen LogP contribution in [0.25, 0.3) is 0 Å². The van der Waals surface area contributed by atoms with Gasteiger partial charge in [0.2, 0.25) is 0 Å². The van der Waals surface area contributed by atoms with Gasteiger partial charge in [-0.3, -0.25) is 4.55 Å². The number of aryl methyl sites for hydroxylation is 1. The third kappa shape index (κ3) is 6.99. The van der Waals surface area contributed by atoms with Crippen molar-refractivity contribution < 1.29 is 22.0 Å². The van der Waals surface area contributed by atoms with E-state index >= 15 is 0 Å². The lowest BCUT2D eigenvalue weighted by molar-refractivity contribution is -0.854. The molecule has 9 nitrogen and oxygen atoms in total. The van der Waals surface area contributed by atoms with E-state index in [-0.39, 0.29) is 23.8 Å². The minimum absolute atomic E-state index is 0.0219. The first-order valence-corrected chi connectivity index (χ1v) is 10.2. The van der Waals surface area contributed by atoms with Crippen LogP contribution in [0, 0.1) is 0 Å². The van der Waals surface area contributed by atoms with Crippen LogP contribution in [0.3, 0.4) is 0 Å². The van der Waals surface area contributed by atoms with Crippen molar-refractivity contribution >= 4 is 22.3 Å². The monoisotopic (exact) mass is 396 g/mol. The van der Waals surface area contributed by atoms with Gasteiger partial charge < -0.3 is 11.1 Å². The molecular weight excluding hydrogens is 370 g/mol. The summed E-state index contributed by atoms with van der Waals surface area (Å²) < 4.78 is 36.4.